The van der Waals surface area contributed by atoms with Crippen LogP contribution in [-0.4, -0.2) is 32.7 Å². The molecule has 2 aromatic carbocycles. The minimum absolute atomic E-state index is 0.00368. The van der Waals surface area contributed by atoms with Crippen LogP contribution in [0.3, 0.4) is 0 Å². The quantitative estimate of drug-likeness (QED) is 0.716. The number of ether oxygens (including phenoxy) is 1. The molecule has 0 fully saturated rings. The fourth-order valence-electron chi connectivity index (χ4n) is 2.33. The van der Waals surface area contributed by atoms with Gasteiger partial charge in [-0.2, -0.15) is 4.68 Å². The van der Waals surface area contributed by atoms with Gasteiger partial charge in [0.15, 0.2) is 5.82 Å². The van der Waals surface area contributed by atoms with Crippen molar-refractivity contribution in [3.63, 3.8) is 0 Å². The molecule has 9 heteroatoms. The van der Waals surface area contributed by atoms with Crippen LogP contribution in [0.4, 0.5) is 4.39 Å². The second kappa shape index (κ2) is 7.92. The zero-order valence-electron chi connectivity index (χ0n) is 13.8. The molecule has 1 heterocycles. The molecule has 0 unspecified atom stereocenters. The maximum absolute atomic E-state index is 13.8. The molecular formula is C17H15ClFN5O2. The van der Waals surface area contributed by atoms with Crippen molar-refractivity contribution in [1.82, 2.24) is 25.5 Å². The Kier molecular flexibility index (Phi) is 5.43. The summed E-state index contributed by atoms with van der Waals surface area (Å²) in [6.45, 7) is 2.47. The zero-order valence-corrected chi connectivity index (χ0v) is 14.6. The summed E-state index contributed by atoms with van der Waals surface area (Å²) in [5.74, 6) is -0.223. The molecule has 7 nitrogen and oxygen atoms in total. The third-order valence-corrected chi connectivity index (χ3v) is 3.84. The molecule has 0 aliphatic rings. The summed E-state index contributed by atoms with van der Waals surface area (Å²) in [6, 6.07) is 11.2. The van der Waals surface area contributed by atoms with E-state index < -0.39 is 11.7 Å². The Morgan fingerprint density at radius 1 is 1.27 bits per heavy atom. The second-order valence-electron chi connectivity index (χ2n) is 5.21. The first-order valence-corrected chi connectivity index (χ1v) is 8.20. The van der Waals surface area contributed by atoms with E-state index in [1.807, 2.05) is 6.92 Å². The Balaban J connectivity index is 1.74. The summed E-state index contributed by atoms with van der Waals surface area (Å²) in [5, 5.41) is 14.0. The molecular weight excluding hydrogens is 361 g/mol. The molecule has 1 amide bonds. The predicted molar refractivity (Wildman–Crippen MR) is 92.9 cm³/mol. The van der Waals surface area contributed by atoms with Gasteiger partial charge in [0.1, 0.15) is 11.6 Å². The highest BCUT2D eigenvalue weighted by molar-refractivity contribution is 6.33. The highest BCUT2D eigenvalue weighted by Crippen LogP contribution is 2.19. The number of tetrazole rings is 1. The average Bonchev–Trinajstić information content (AvgIpc) is 3.09. The number of benzene rings is 2. The molecule has 0 bridgehead atoms. The molecule has 134 valence electrons. The Morgan fingerprint density at radius 2 is 2.04 bits per heavy atom. The van der Waals surface area contributed by atoms with E-state index in [2.05, 4.69) is 20.8 Å². The van der Waals surface area contributed by atoms with E-state index in [1.54, 1.807) is 24.3 Å². The molecule has 0 spiro atoms. The van der Waals surface area contributed by atoms with Crippen molar-refractivity contribution < 1.29 is 13.9 Å². The van der Waals surface area contributed by atoms with Gasteiger partial charge in [0.05, 0.1) is 29.4 Å². The van der Waals surface area contributed by atoms with Crippen LogP contribution >= 0.6 is 11.6 Å². The third-order valence-electron chi connectivity index (χ3n) is 3.52. The summed E-state index contributed by atoms with van der Waals surface area (Å²) in [4.78, 5) is 12.2. The van der Waals surface area contributed by atoms with Gasteiger partial charge in [-0.3, -0.25) is 4.79 Å². The van der Waals surface area contributed by atoms with E-state index in [-0.39, 0.29) is 17.1 Å². The van der Waals surface area contributed by atoms with Crippen LogP contribution in [0.15, 0.2) is 42.5 Å². The highest BCUT2D eigenvalue weighted by Gasteiger charge is 2.17. The number of halogens is 2. The number of carbonyl (C=O) groups excluding carboxylic acids is 1. The second-order valence-corrected chi connectivity index (χ2v) is 5.62. The zero-order chi connectivity index (χ0) is 18.5. The number of rotatable bonds is 6. The van der Waals surface area contributed by atoms with Crippen LogP contribution < -0.4 is 10.1 Å². The van der Waals surface area contributed by atoms with Crippen molar-refractivity contribution in [2.24, 2.45) is 0 Å². The molecule has 0 saturated carbocycles. The fourth-order valence-corrected chi connectivity index (χ4v) is 2.58. The minimum atomic E-state index is -0.693. The number of aromatic nitrogens is 4. The number of carbonyl (C=O) groups is 1. The van der Waals surface area contributed by atoms with E-state index >= 15 is 0 Å². The molecule has 26 heavy (non-hydrogen) atoms. The van der Waals surface area contributed by atoms with Crippen LogP contribution in [0.25, 0.3) is 5.69 Å². The summed E-state index contributed by atoms with van der Waals surface area (Å²) < 4.78 is 20.7. The van der Waals surface area contributed by atoms with Crippen LogP contribution in [0.2, 0.25) is 5.02 Å². The number of hydrogen-bond donors (Lipinski definition) is 1. The fraction of sp³-hybridized carbons (Fsp3) is 0.176. The Hall–Kier alpha value is -3.00. The van der Waals surface area contributed by atoms with Gasteiger partial charge in [-0.05, 0) is 53.7 Å². The number of hydrogen-bond acceptors (Lipinski definition) is 5. The first kappa shape index (κ1) is 17.8. The molecule has 1 N–H and O–H groups in total. The Labute approximate surface area is 153 Å². The molecule has 3 rings (SSSR count). The van der Waals surface area contributed by atoms with E-state index in [0.717, 1.165) is 5.75 Å². The summed E-state index contributed by atoms with van der Waals surface area (Å²) in [5.41, 5.74) is 0.487. The van der Waals surface area contributed by atoms with Crippen LogP contribution in [0.5, 0.6) is 5.75 Å². The molecule has 1 aromatic heterocycles. The lowest BCUT2D eigenvalue weighted by Crippen LogP contribution is -2.26. The SMILES string of the molecule is CCOc1ccc(-n2nnnc2CNC(=O)c2c(F)cccc2Cl)cc1. The molecule has 0 saturated heterocycles. The topological polar surface area (TPSA) is 81.9 Å². The normalized spacial score (nSPS) is 10.6. The molecule has 3 aromatic rings. The molecule has 0 radical (unpaired) electrons. The predicted octanol–water partition coefficient (Wildman–Crippen LogP) is 2.78. The van der Waals surface area contributed by atoms with E-state index in [1.165, 1.54) is 22.9 Å². The van der Waals surface area contributed by atoms with Gasteiger partial charge in [-0.15, -0.1) is 5.10 Å². The first-order valence-electron chi connectivity index (χ1n) is 7.83. The highest BCUT2D eigenvalue weighted by atomic mass is 35.5. The lowest BCUT2D eigenvalue weighted by Gasteiger charge is -2.09. The molecule has 0 aliphatic carbocycles. The van der Waals surface area contributed by atoms with Gasteiger partial charge in [-0.1, -0.05) is 17.7 Å². The summed E-state index contributed by atoms with van der Waals surface area (Å²) >= 11 is 5.89. The maximum Gasteiger partial charge on any atom is 0.256 e. The lowest BCUT2D eigenvalue weighted by molar-refractivity contribution is 0.0945. The first-order chi connectivity index (χ1) is 12.6. The van der Waals surface area contributed by atoms with E-state index in [4.69, 9.17) is 16.3 Å². The smallest absolute Gasteiger partial charge is 0.256 e. The van der Waals surface area contributed by atoms with Gasteiger partial charge in [0, 0.05) is 0 Å². The number of nitrogens with zero attached hydrogens (tertiary/aromatic N) is 4. The van der Waals surface area contributed by atoms with Crippen molar-refractivity contribution in [2.45, 2.75) is 13.5 Å². The van der Waals surface area contributed by atoms with Crippen molar-refractivity contribution in [3.05, 3.63) is 64.7 Å². The van der Waals surface area contributed by atoms with Crippen LogP contribution in [0, 0.1) is 5.82 Å². The average molecular weight is 376 g/mol. The third kappa shape index (κ3) is 3.80. The monoisotopic (exact) mass is 375 g/mol. The van der Waals surface area contributed by atoms with Gasteiger partial charge in [0.25, 0.3) is 5.91 Å². The van der Waals surface area contributed by atoms with Crippen molar-refractivity contribution >= 4 is 17.5 Å². The van der Waals surface area contributed by atoms with Gasteiger partial charge < -0.3 is 10.1 Å². The van der Waals surface area contributed by atoms with Gasteiger partial charge in [0.2, 0.25) is 0 Å². The van der Waals surface area contributed by atoms with Crippen LogP contribution in [0.1, 0.15) is 23.1 Å². The van der Waals surface area contributed by atoms with Crippen LogP contribution in [-0.2, 0) is 6.54 Å². The minimum Gasteiger partial charge on any atom is -0.494 e. The summed E-state index contributed by atoms with van der Waals surface area (Å²) in [6.07, 6.45) is 0. The maximum atomic E-state index is 13.8. The van der Waals surface area contributed by atoms with Crippen molar-refractivity contribution in [1.29, 1.82) is 0 Å². The number of nitrogens with one attached hydrogen (secondary N) is 1. The van der Waals surface area contributed by atoms with Crippen molar-refractivity contribution in [3.8, 4) is 11.4 Å². The Morgan fingerprint density at radius 3 is 2.73 bits per heavy atom. The molecule has 0 aliphatic heterocycles. The molecule has 0 atom stereocenters. The number of amides is 1. The van der Waals surface area contributed by atoms with Crippen molar-refractivity contribution in [2.75, 3.05) is 6.61 Å². The van der Waals surface area contributed by atoms with Gasteiger partial charge in [-0.25, -0.2) is 4.39 Å². The van der Waals surface area contributed by atoms with E-state index in [0.29, 0.717) is 18.1 Å². The lowest BCUT2D eigenvalue weighted by atomic mass is 10.2. The largest absolute Gasteiger partial charge is 0.494 e. The summed E-state index contributed by atoms with van der Waals surface area (Å²) in [7, 11) is 0. The standard InChI is InChI=1S/C17H15ClFN5O2/c1-2-26-12-8-6-11(7-9-12)24-15(21-22-23-24)10-20-17(25)16-13(18)4-3-5-14(16)19/h3-9H,2,10H2,1H3,(H,20,25). The van der Waals surface area contributed by atoms with E-state index in [9.17, 15) is 9.18 Å². The Bertz CT molecular complexity index is 894. The van der Waals surface area contributed by atoms with Gasteiger partial charge >= 0.3 is 0 Å².